The second kappa shape index (κ2) is 31.1. The highest BCUT2D eigenvalue weighted by Gasteiger charge is 2.59. The van der Waals surface area contributed by atoms with Crippen LogP contribution in [0.4, 0.5) is 0 Å². The van der Waals surface area contributed by atoms with Crippen LogP contribution in [-0.2, 0) is 33.2 Å². The zero-order valence-electron chi connectivity index (χ0n) is 43.8. The quantitative estimate of drug-likeness (QED) is 0.0353. The number of carbonyl (C=O) groups is 1. The van der Waals surface area contributed by atoms with Crippen molar-refractivity contribution in [2.24, 2.45) is 46.3 Å². The molecular formula is C58H103NO7. The van der Waals surface area contributed by atoms with Crippen LogP contribution in [0, 0.1) is 46.3 Å². The van der Waals surface area contributed by atoms with Crippen molar-refractivity contribution in [3.63, 3.8) is 0 Å². The van der Waals surface area contributed by atoms with E-state index in [1.165, 1.54) is 141 Å². The molecule has 4 fully saturated rings. The van der Waals surface area contributed by atoms with Gasteiger partial charge in [0.05, 0.1) is 51.8 Å². The molecule has 0 radical (unpaired) electrons. The van der Waals surface area contributed by atoms with Crippen molar-refractivity contribution in [1.29, 1.82) is 0 Å². The van der Waals surface area contributed by atoms with Crippen LogP contribution in [0.1, 0.15) is 202 Å². The van der Waals surface area contributed by atoms with Gasteiger partial charge in [-0.1, -0.05) is 142 Å². The summed E-state index contributed by atoms with van der Waals surface area (Å²) in [5.74, 6) is 4.77. The van der Waals surface area contributed by atoms with Crippen molar-refractivity contribution in [1.82, 2.24) is 4.90 Å². The third kappa shape index (κ3) is 18.5. The maximum absolute atomic E-state index is 12.7. The number of unbranched alkanes of at least 4 members (excludes halogenated alkanes) is 12. The highest BCUT2D eigenvalue weighted by molar-refractivity contribution is 5.70. The van der Waals surface area contributed by atoms with Crippen molar-refractivity contribution in [3.05, 3.63) is 23.8 Å². The first-order valence-corrected chi connectivity index (χ1v) is 28.3. The van der Waals surface area contributed by atoms with Crippen LogP contribution in [0.15, 0.2) is 23.8 Å². The average molecular weight is 926 g/mol. The maximum atomic E-state index is 12.7. The molecule has 0 bridgehead atoms. The Morgan fingerprint density at radius 1 is 0.773 bits per heavy atom. The monoisotopic (exact) mass is 926 g/mol. The standard InChI is InChI=1S/C58H103NO7/c1-7-8-9-10-11-12-13-14-15-16-17-18-19-20-21-22-36-63-45-51(44-59-34-37-61-38-35-59)64-41-39-62-40-42-65-56(60)46-66-50-30-32-57(5)49(43-50)26-27-52-54-29-28-53(48(4)25-23-24-47(2)3)58(54,6)33-31-55(52)57/h14-15,26,47-48,50-55H,7-13,16-25,27-46H2,1-6H3/b15-14-/t48-,50+,51?,52?,53+,54+,55?,57?,58-/m1/s1. The summed E-state index contributed by atoms with van der Waals surface area (Å²) in [5.41, 5.74) is 2.41. The van der Waals surface area contributed by atoms with Gasteiger partial charge < -0.3 is 28.4 Å². The molecule has 4 aliphatic carbocycles. The number of hydrogen-bond acceptors (Lipinski definition) is 8. The normalized spacial score (nSPS) is 28.8. The molecular weight excluding hydrogens is 823 g/mol. The summed E-state index contributed by atoms with van der Waals surface area (Å²) in [4.78, 5) is 15.1. The lowest BCUT2D eigenvalue weighted by molar-refractivity contribution is -0.153. The van der Waals surface area contributed by atoms with Gasteiger partial charge in [0.15, 0.2) is 0 Å². The lowest BCUT2D eigenvalue weighted by atomic mass is 9.47. The van der Waals surface area contributed by atoms with Crippen molar-refractivity contribution in [2.45, 2.75) is 214 Å². The van der Waals surface area contributed by atoms with E-state index in [0.29, 0.717) is 31.8 Å². The predicted molar refractivity (Wildman–Crippen MR) is 272 cm³/mol. The van der Waals surface area contributed by atoms with Crippen molar-refractivity contribution < 1.29 is 33.2 Å². The van der Waals surface area contributed by atoms with E-state index in [1.54, 1.807) is 5.57 Å². The zero-order chi connectivity index (χ0) is 46.9. The minimum Gasteiger partial charge on any atom is -0.462 e. The number of nitrogens with zero attached hydrogens (tertiary/aromatic N) is 1. The Labute approximate surface area is 406 Å². The van der Waals surface area contributed by atoms with E-state index >= 15 is 0 Å². The molecule has 9 atom stereocenters. The first-order chi connectivity index (χ1) is 32.1. The summed E-state index contributed by atoms with van der Waals surface area (Å²) in [5, 5.41) is 0. The molecule has 8 nitrogen and oxygen atoms in total. The zero-order valence-corrected chi connectivity index (χ0v) is 43.8. The van der Waals surface area contributed by atoms with Crippen molar-refractivity contribution in [2.75, 3.05) is 79.1 Å². The second-order valence-electron chi connectivity index (χ2n) is 22.7. The fourth-order valence-electron chi connectivity index (χ4n) is 13.5. The molecule has 1 heterocycles. The minimum absolute atomic E-state index is 0.00387. The average Bonchev–Trinajstić information content (AvgIpc) is 3.67. The van der Waals surface area contributed by atoms with Gasteiger partial charge >= 0.3 is 5.97 Å². The van der Waals surface area contributed by atoms with Gasteiger partial charge in [-0.2, -0.15) is 0 Å². The maximum Gasteiger partial charge on any atom is 0.332 e. The summed E-state index contributed by atoms with van der Waals surface area (Å²) in [6.07, 6.45) is 40.1. The molecule has 4 unspecified atom stereocenters. The molecule has 3 saturated carbocycles. The van der Waals surface area contributed by atoms with E-state index in [4.69, 9.17) is 28.4 Å². The van der Waals surface area contributed by atoms with Gasteiger partial charge in [-0.3, -0.25) is 4.90 Å². The number of hydrogen-bond donors (Lipinski definition) is 0. The molecule has 5 aliphatic rings. The van der Waals surface area contributed by atoms with Gasteiger partial charge in [0.25, 0.3) is 0 Å². The fourth-order valence-corrected chi connectivity index (χ4v) is 13.5. The molecule has 0 aromatic rings. The third-order valence-corrected chi connectivity index (χ3v) is 17.4. The van der Waals surface area contributed by atoms with E-state index in [1.807, 2.05) is 0 Å². The number of morpholine rings is 1. The smallest absolute Gasteiger partial charge is 0.332 e. The lowest BCUT2D eigenvalue weighted by Gasteiger charge is -2.58. The van der Waals surface area contributed by atoms with Crippen molar-refractivity contribution in [3.8, 4) is 0 Å². The molecule has 0 aromatic heterocycles. The molecule has 0 N–H and O–H groups in total. The van der Waals surface area contributed by atoms with E-state index in [2.05, 4.69) is 64.7 Å². The van der Waals surface area contributed by atoms with E-state index in [9.17, 15) is 4.79 Å². The van der Waals surface area contributed by atoms with Crippen LogP contribution < -0.4 is 0 Å². The predicted octanol–water partition coefficient (Wildman–Crippen LogP) is 13.7. The molecule has 0 aromatic carbocycles. The number of fused-ring (bicyclic) bond motifs is 5. The Morgan fingerprint density at radius 3 is 2.23 bits per heavy atom. The van der Waals surface area contributed by atoms with Gasteiger partial charge in [0.1, 0.15) is 13.2 Å². The summed E-state index contributed by atoms with van der Waals surface area (Å²) in [7, 11) is 0. The van der Waals surface area contributed by atoms with Crippen LogP contribution in [-0.4, -0.2) is 102 Å². The molecule has 66 heavy (non-hydrogen) atoms. The first-order valence-electron chi connectivity index (χ1n) is 28.3. The van der Waals surface area contributed by atoms with Crippen LogP contribution in [0.5, 0.6) is 0 Å². The van der Waals surface area contributed by atoms with Crippen LogP contribution in [0.25, 0.3) is 0 Å². The lowest BCUT2D eigenvalue weighted by Crippen LogP contribution is -2.51. The highest BCUT2D eigenvalue weighted by atomic mass is 16.6. The summed E-state index contributed by atoms with van der Waals surface area (Å²) in [6.45, 7) is 22.0. The van der Waals surface area contributed by atoms with Gasteiger partial charge in [-0.05, 0) is 130 Å². The number of ether oxygens (including phenoxy) is 6. The van der Waals surface area contributed by atoms with E-state index < -0.39 is 0 Å². The molecule has 382 valence electrons. The SMILES string of the molecule is CCCCCCCC/C=C\CCCCCCCCOCC(CN1CCOCC1)OCCOCCOC(=O)CO[C@H]1CCC2(C)C(=CCC3C2CC[C@@]2(C)[C@H]3CC[C@H]2[C@H](C)CCCC(C)C)C1. The van der Waals surface area contributed by atoms with Gasteiger partial charge in [0.2, 0.25) is 0 Å². The number of rotatable bonds is 35. The molecule has 0 spiro atoms. The Balaban J connectivity index is 0.886. The first kappa shape index (κ1) is 55.6. The molecule has 0 amide bonds. The fraction of sp³-hybridized carbons (Fsp3) is 0.914. The highest BCUT2D eigenvalue weighted by Crippen LogP contribution is 2.67. The molecule has 8 heteroatoms. The molecule has 5 rings (SSSR count). The summed E-state index contributed by atoms with van der Waals surface area (Å²) < 4.78 is 35.5. The Bertz CT molecular complexity index is 1360. The topological polar surface area (TPSA) is 75.7 Å². The Hall–Kier alpha value is -1.29. The number of esters is 1. The summed E-state index contributed by atoms with van der Waals surface area (Å²) >= 11 is 0. The van der Waals surface area contributed by atoms with E-state index in [0.717, 1.165) is 94.2 Å². The van der Waals surface area contributed by atoms with Crippen LogP contribution in [0.3, 0.4) is 0 Å². The largest absolute Gasteiger partial charge is 0.462 e. The van der Waals surface area contributed by atoms with Crippen LogP contribution in [0.2, 0.25) is 0 Å². The Morgan fingerprint density at radius 2 is 1.48 bits per heavy atom. The van der Waals surface area contributed by atoms with Gasteiger partial charge in [0, 0.05) is 26.2 Å². The Kier molecular flexibility index (Phi) is 26.2. The van der Waals surface area contributed by atoms with Gasteiger partial charge in [-0.25, -0.2) is 4.79 Å². The van der Waals surface area contributed by atoms with Gasteiger partial charge in [-0.15, -0.1) is 0 Å². The second-order valence-corrected chi connectivity index (χ2v) is 22.7. The number of allylic oxidation sites excluding steroid dienone is 3. The molecule has 1 saturated heterocycles. The van der Waals surface area contributed by atoms with E-state index in [-0.39, 0.29) is 36.8 Å². The molecule has 1 aliphatic heterocycles. The van der Waals surface area contributed by atoms with Crippen LogP contribution >= 0.6 is 0 Å². The number of carbonyl (C=O) groups excluding carboxylic acids is 1. The summed E-state index contributed by atoms with van der Waals surface area (Å²) in [6, 6.07) is 0. The third-order valence-electron chi connectivity index (χ3n) is 17.4. The van der Waals surface area contributed by atoms with Crippen molar-refractivity contribution >= 4 is 5.97 Å². The minimum atomic E-state index is -0.300.